The first-order valence-electron chi connectivity index (χ1n) is 7.40. The standard InChI is InChI=1S/C16H22N2OS/c1-2-3-5-12-8-10-14(11-9-12)17-15(19)16(20)18-13-6-4-7-13/h8-11,13H,2-7H2,1H3,(H,17,19)(H,18,20). The highest BCUT2D eigenvalue weighted by atomic mass is 32.1. The molecule has 0 unspecified atom stereocenters. The molecule has 0 aromatic heterocycles. The highest BCUT2D eigenvalue weighted by Gasteiger charge is 2.20. The minimum atomic E-state index is -0.215. The molecule has 108 valence electrons. The maximum atomic E-state index is 11.9. The van der Waals surface area contributed by atoms with Crippen molar-refractivity contribution in [3.63, 3.8) is 0 Å². The zero-order valence-corrected chi connectivity index (χ0v) is 12.8. The maximum Gasteiger partial charge on any atom is 0.283 e. The lowest BCUT2D eigenvalue weighted by Gasteiger charge is -2.27. The molecule has 4 heteroatoms. The average molecular weight is 290 g/mol. The molecule has 1 aromatic rings. The first-order chi connectivity index (χ1) is 9.69. The van der Waals surface area contributed by atoms with Crippen LogP contribution in [0.3, 0.4) is 0 Å². The van der Waals surface area contributed by atoms with Crippen LogP contribution in [0, 0.1) is 0 Å². The Labute approximate surface area is 126 Å². The second-order valence-electron chi connectivity index (χ2n) is 5.36. The second-order valence-corrected chi connectivity index (χ2v) is 5.76. The zero-order valence-electron chi connectivity index (χ0n) is 11.9. The SMILES string of the molecule is CCCCc1ccc(NC(=O)C(=S)NC2CCC2)cc1. The summed E-state index contributed by atoms with van der Waals surface area (Å²) in [4.78, 5) is 12.2. The fourth-order valence-electron chi connectivity index (χ4n) is 2.13. The summed E-state index contributed by atoms with van der Waals surface area (Å²) in [5, 5.41) is 5.93. The van der Waals surface area contributed by atoms with Gasteiger partial charge in [-0.1, -0.05) is 37.7 Å². The lowest BCUT2D eigenvalue weighted by molar-refractivity contribution is -0.110. The Morgan fingerprint density at radius 3 is 2.55 bits per heavy atom. The quantitative estimate of drug-likeness (QED) is 0.816. The number of nitrogens with one attached hydrogen (secondary N) is 2. The van der Waals surface area contributed by atoms with Gasteiger partial charge in [0.15, 0.2) is 4.99 Å². The number of hydrogen-bond acceptors (Lipinski definition) is 2. The molecule has 0 radical (unpaired) electrons. The molecular weight excluding hydrogens is 268 g/mol. The largest absolute Gasteiger partial charge is 0.369 e. The topological polar surface area (TPSA) is 41.1 Å². The van der Waals surface area contributed by atoms with E-state index in [-0.39, 0.29) is 5.91 Å². The van der Waals surface area contributed by atoms with Gasteiger partial charge in [-0.25, -0.2) is 0 Å². The molecule has 1 saturated carbocycles. The molecule has 0 saturated heterocycles. The van der Waals surface area contributed by atoms with Crippen molar-refractivity contribution in [3.05, 3.63) is 29.8 Å². The minimum Gasteiger partial charge on any atom is -0.369 e. The van der Waals surface area contributed by atoms with E-state index in [9.17, 15) is 4.79 Å². The zero-order chi connectivity index (χ0) is 14.4. The van der Waals surface area contributed by atoms with Crippen molar-refractivity contribution in [1.29, 1.82) is 0 Å². The van der Waals surface area contributed by atoms with Crippen molar-refractivity contribution in [3.8, 4) is 0 Å². The number of thiocarbonyl (C=S) groups is 1. The van der Waals surface area contributed by atoms with Crippen LogP contribution in [0.2, 0.25) is 0 Å². The second kappa shape index (κ2) is 7.39. The summed E-state index contributed by atoms with van der Waals surface area (Å²) in [7, 11) is 0. The van der Waals surface area contributed by atoms with E-state index < -0.39 is 0 Å². The summed E-state index contributed by atoms with van der Waals surface area (Å²) in [5.41, 5.74) is 2.10. The Balaban J connectivity index is 1.82. The van der Waals surface area contributed by atoms with Crippen LogP contribution >= 0.6 is 12.2 Å². The number of benzene rings is 1. The van der Waals surface area contributed by atoms with Gasteiger partial charge >= 0.3 is 0 Å². The van der Waals surface area contributed by atoms with Crippen molar-refractivity contribution in [2.75, 3.05) is 5.32 Å². The molecule has 1 aliphatic rings. The van der Waals surface area contributed by atoms with E-state index in [0.29, 0.717) is 11.0 Å². The summed E-state index contributed by atoms with van der Waals surface area (Å²) >= 11 is 5.11. The summed E-state index contributed by atoms with van der Waals surface area (Å²) in [5.74, 6) is -0.215. The van der Waals surface area contributed by atoms with E-state index in [4.69, 9.17) is 12.2 Å². The van der Waals surface area contributed by atoms with Crippen molar-refractivity contribution in [2.24, 2.45) is 0 Å². The summed E-state index contributed by atoms with van der Waals surface area (Å²) in [6.45, 7) is 2.19. The lowest BCUT2D eigenvalue weighted by Crippen LogP contribution is -2.43. The van der Waals surface area contributed by atoms with Gasteiger partial charge in [0.1, 0.15) is 0 Å². The third kappa shape index (κ3) is 4.30. The van der Waals surface area contributed by atoms with Crippen LogP contribution in [-0.4, -0.2) is 16.9 Å². The van der Waals surface area contributed by atoms with Crippen LogP contribution in [0.5, 0.6) is 0 Å². The predicted octanol–water partition coefficient (Wildman–Crippen LogP) is 3.44. The van der Waals surface area contributed by atoms with Gasteiger partial charge in [0.05, 0.1) is 0 Å². The number of carbonyl (C=O) groups is 1. The number of carbonyl (C=O) groups excluding carboxylic acids is 1. The van der Waals surface area contributed by atoms with E-state index in [0.717, 1.165) is 24.9 Å². The van der Waals surface area contributed by atoms with Crippen LogP contribution in [0.25, 0.3) is 0 Å². The Kier molecular flexibility index (Phi) is 5.53. The summed E-state index contributed by atoms with van der Waals surface area (Å²) in [6, 6.07) is 8.40. The molecule has 0 heterocycles. The van der Waals surface area contributed by atoms with Gasteiger partial charge in [0.25, 0.3) is 5.91 Å². The first-order valence-corrected chi connectivity index (χ1v) is 7.80. The Morgan fingerprint density at radius 1 is 1.30 bits per heavy atom. The number of rotatable bonds is 5. The highest BCUT2D eigenvalue weighted by Crippen LogP contribution is 2.18. The Morgan fingerprint density at radius 2 is 2.00 bits per heavy atom. The number of hydrogen-bond donors (Lipinski definition) is 2. The minimum absolute atomic E-state index is 0.215. The van der Waals surface area contributed by atoms with Gasteiger partial charge in [-0.3, -0.25) is 4.79 Å². The fraction of sp³-hybridized carbons (Fsp3) is 0.500. The van der Waals surface area contributed by atoms with Crippen LogP contribution in [-0.2, 0) is 11.2 Å². The van der Waals surface area contributed by atoms with Crippen LogP contribution in [0.4, 0.5) is 5.69 Å². The average Bonchev–Trinajstić information content (AvgIpc) is 2.41. The van der Waals surface area contributed by atoms with E-state index in [2.05, 4.69) is 29.7 Å². The monoisotopic (exact) mass is 290 g/mol. The summed E-state index contributed by atoms with van der Waals surface area (Å²) < 4.78 is 0. The van der Waals surface area contributed by atoms with E-state index in [1.54, 1.807) is 0 Å². The fourth-order valence-corrected chi connectivity index (χ4v) is 2.34. The van der Waals surface area contributed by atoms with Crippen molar-refractivity contribution in [2.45, 2.75) is 51.5 Å². The molecule has 1 aliphatic carbocycles. The van der Waals surface area contributed by atoms with E-state index >= 15 is 0 Å². The van der Waals surface area contributed by atoms with Crippen LogP contribution < -0.4 is 10.6 Å². The molecule has 0 atom stereocenters. The molecule has 1 aromatic carbocycles. The van der Waals surface area contributed by atoms with Crippen LogP contribution in [0.15, 0.2) is 24.3 Å². The van der Waals surface area contributed by atoms with Crippen molar-refractivity contribution < 1.29 is 4.79 Å². The molecule has 0 aliphatic heterocycles. The number of unbranched alkanes of at least 4 members (excludes halogenated alkanes) is 1. The molecule has 0 bridgehead atoms. The Hall–Kier alpha value is -1.42. The van der Waals surface area contributed by atoms with Gasteiger partial charge in [0.2, 0.25) is 0 Å². The first kappa shape index (κ1) is 15.0. The van der Waals surface area contributed by atoms with Gasteiger partial charge in [-0.2, -0.15) is 0 Å². The lowest BCUT2D eigenvalue weighted by atomic mass is 9.93. The van der Waals surface area contributed by atoms with Crippen molar-refractivity contribution in [1.82, 2.24) is 5.32 Å². The normalized spacial score (nSPS) is 14.4. The van der Waals surface area contributed by atoms with Crippen molar-refractivity contribution >= 4 is 28.8 Å². The predicted molar refractivity (Wildman–Crippen MR) is 87.1 cm³/mol. The number of aryl methyl sites for hydroxylation is 1. The van der Waals surface area contributed by atoms with Gasteiger partial charge in [0, 0.05) is 11.7 Å². The third-order valence-electron chi connectivity index (χ3n) is 3.68. The van der Waals surface area contributed by atoms with Gasteiger partial charge < -0.3 is 10.6 Å². The number of amides is 1. The molecule has 0 spiro atoms. The Bertz CT molecular complexity index is 466. The third-order valence-corrected chi connectivity index (χ3v) is 3.98. The smallest absolute Gasteiger partial charge is 0.283 e. The van der Waals surface area contributed by atoms with E-state index in [1.165, 1.54) is 24.8 Å². The molecular formula is C16H22N2OS. The molecule has 1 fully saturated rings. The maximum absolute atomic E-state index is 11.9. The van der Waals surface area contributed by atoms with Gasteiger partial charge in [-0.15, -0.1) is 0 Å². The molecule has 3 nitrogen and oxygen atoms in total. The van der Waals surface area contributed by atoms with Gasteiger partial charge in [-0.05, 0) is 49.8 Å². The molecule has 1 amide bonds. The summed E-state index contributed by atoms with van der Waals surface area (Å²) in [6.07, 6.45) is 6.92. The highest BCUT2D eigenvalue weighted by molar-refractivity contribution is 7.82. The van der Waals surface area contributed by atoms with E-state index in [1.807, 2.05) is 12.1 Å². The number of anilines is 1. The van der Waals surface area contributed by atoms with Crippen LogP contribution in [0.1, 0.15) is 44.6 Å². The molecule has 2 N–H and O–H groups in total. The molecule has 2 rings (SSSR count). The molecule has 20 heavy (non-hydrogen) atoms.